The Hall–Kier alpha value is -2.14. The molecule has 0 atom stereocenters. The lowest BCUT2D eigenvalue weighted by Gasteiger charge is -2.32. The number of benzene rings is 1. The van der Waals surface area contributed by atoms with E-state index in [9.17, 15) is 9.59 Å². The molecule has 3 rings (SSSR count). The smallest absolute Gasteiger partial charge is 0.299 e. The van der Waals surface area contributed by atoms with Gasteiger partial charge in [0.1, 0.15) is 0 Å². The van der Waals surface area contributed by atoms with E-state index >= 15 is 0 Å². The molecule has 1 aromatic heterocycles. The van der Waals surface area contributed by atoms with E-state index < -0.39 is 0 Å². The number of hydrogen-bond acceptors (Lipinski definition) is 3. The van der Waals surface area contributed by atoms with Gasteiger partial charge in [0, 0.05) is 32.4 Å². The zero-order chi connectivity index (χ0) is 17.1. The van der Waals surface area contributed by atoms with Crippen LogP contribution in [0.5, 0.6) is 0 Å². The Morgan fingerprint density at radius 1 is 1.00 bits per heavy atom. The average molecular weight is 327 g/mol. The van der Waals surface area contributed by atoms with Gasteiger partial charge in [-0.05, 0) is 43.8 Å². The average Bonchev–Trinajstić information content (AvgIpc) is 2.60. The summed E-state index contributed by atoms with van der Waals surface area (Å²) in [7, 11) is 3.25. The van der Waals surface area contributed by atoms with Gasteiger partial charge >= 0.3 is 5.69 Å². The zero-order valence-electron chi connectivity index (χ0n) is 14.4. The third-order valence-electron chi connectivity index (χ3n) is 5.09. The monoisotopic (exact) mass is 327 g/mol. The van der Waals surface area contributed by atoms with E-state index in [1.807, 2.05) is 0 Å². The lowest BCUT2D eigenvalue weighted by molar-refractivity contribution is 0.173. The highest BCUT2D eigenvalue weighted by Gasteiger charge is 2.20. The Morgan fingerprint density at radius 3 is 2.33 bits per heavy atom. The fraction of sp³-hybridized carbons (Fsp3) is 0.474. The van der Waals surface area contributed by atoms with Crippen molar-refractivity contribution in [2.45, 2.75) is 25.8 Å². The number of rotatable bonds is 4. The van der Waals surface area contributed by atoms with Gasteiger partial charge in [-0.25, -0.2) is 4.79 Å². The molecule has 0 aliphatic carbocycles. The Balaban J connectivity index is 1.60. The molecule has 0 bridgehead atoms. The molecular weight excluding hydrogens is 302 g/mol. The molecule has 0 spiro atoms. The summed E-state index contributed by atoms with van der Waals surface area (Å²) in [5.41, 5.74) is 1.72. The van der Waals surface area contributed by atoms with Crippen molar-refractivity contribution in [3.8, 4) is 0 Å². The second kappa shape index (κ2) is 7.18. The predicted molar refractivity (Wildman–Crippen MR) is 95.1 cm³/mol. The summed E-state index contributed by atoms with van der Waals surface area (Å²) in [5.74, 6) is 0.719. The molecule has 0 unspecified atom stereocenters. The van der Waals surface area contributed by atoms with Gasteiger partial charge in [-0.1, -0.05) is 30.3 Å². The largest absolute Gasteiger partial charge is 0.330 e. The van der Waals surface area contributed by atoms with Crippen molar-refractivity contribution in [3.05, 3.63) is 68.5 Å². The molecule has 1 aromatic carbocycles. The summed E-state index contributed by atoms with van der Waals surface area (Å²) >= 11 is 0. The topological polar surface area (TPSA) is 47.2 Å². The number of hydrogen-bond donors (Lipinski definition) is 0. The Kier molecular flexibility index (Phi) is 5.00. The number of piperidine rings is 1. The summed E-state index contributed by atoms with van der Waals surface area (Å²) in [6.45, 7) is 2.70. The summed E-state index contributed by atoms with van der Waals surface area (Å²) in [4.78, 5) is 26.2. The Morgan fingerprint density at radius 2 is 1.67 bits per heavy atom. The third-order valence-corrected chi connectivity index (χ3v) is 5.09. The minimum atomic E-state index is -0.253. The second-order valence-electron chi connectivity index (χ2n) is 6.78. The minimum absolute atomic E-state index is 0.230. The van der Waals surface area contributed by atoms with Crippen LogP contribution < -0.4 is 11.2 Å². The molecule has 1 aliphatic heterocycles. The van der Waals surface area contributed by atoms with Crippen LogP contribution in [0.3, 0.4) is 0 Å². The highest BCUT2D eigenvalue weighted by molar-refractivity contribution is 5.15. The van der Waals surface area contributed by atoms with Crippen molar-refractivity contribution in [2.24, 2.45) is 20.0 Å². The van der Waals surface area contributed by atoms with Gasteiger partial charge in [0.25, 0.3) is 5.56 Å². The van der Waals surface area contributed by atoms with E-state index in [-0.39, 0.29) is 11.2 Å². The number of aromatic nitrogens is 2. The number of nitrogens with zero attached hydrogens (tertiary/aromatic N) is 3. The number of likely N-dealkylation sites (tertiary alicyclic amines) is 1. The molecule has 2 heterocycles. The third kappa shape index (κ3) is 3.67. The van der Waals surface area contributed by atoms with Gasteiger partial charge in [0.2, 0.25) is 0 Å². The molecule has 1 fully saturated rings. The molecule has 0 saturated carbocycles. The molecule has 24 heavy (non-hydrogen) atoms. The first-order chi connectivity index (χ1) is 11.5. The maximum absolute atomic E-state index is 12.0. The maximum atomic E-state index is 12.0. The standard InChI is InChI=1S/C19H25N3O2/c1-20-17(13-18(23)21(2)19(20)24)14-22-10-8-16(9-11-22)12-15-6-4-3-5-7-15/h3-7,13,16H,8-12,14H2,1-2H3. The van der Waals surface area contributed by atoms with Crippen LogP contribution in [0.15, 0.2) is 46.0 Å². The van der Waals surface area contributed by atoms with E-state index in [1.54, 1.807) is 17.7 Å². The molecule has 128 valence electrons. The summed E-state index contributed by atoms with van der Waals surface area (Å²) < 4.78 is 2.73. The van der Waals surface area contributed by atoms with Crippen LogP contribution in [0.25, 0.3) is 0 Å². The highest BCUT2D eigenvalue weighted by Crippen LogP contribution is 2.22. The fourth-order valence-electron chi connectivity index (χ4n) is 3.46. The van der Waals surface area contributed by atoms with Gasteiger partial charge < -0.3 is 0 Å². The van der Waals surface area contributed by atoms with Crippen LogP contribution in [0.2, 0.25) is 0 Å². The lowest BCUT2D eigenvalue weighted by atomic mass is 9.90. The molecule has 1 saturated heterocycles. The first kappa shape index (κ1) is 16.7. The van der Waals surface area contributed by atoms with Crippen molar-refractivity contribution in [1.29, 1.82) is 0 Å². The van der Waals surface area contributed by atoms with Gasteiger partial charge in [-0.15, -0.1) is 0 Å². The van der Waals surface area contributed by atoms with E-state index in [0.29, 0.717) is 6.54 Å². The van der Waals surface area contributed by atoms with Gasteiger partial charge in [-0.2, -0.15) is 0 Å². The highest BCUT2D eigenvalue weighted by atomic mass is 16.2. The molecule has 1 aliphatic rings. The quantitative estimate of drug-likeness (QED) is 0.856. The first-order valence-corrected chi connectivity index (χ1v) is 8.57. The van der Waals surface area contributed by atoms with Crippen LogP contribution in [0, 0.1) is 5.92 Å². The van der Waals surface area contributed by atoms with E-state index in [4.69, 9.17) is 0 Å². The zero-order valence-corrected chi connectivity index (χ0v) is 14.4. The Labute approximate surface area is 142 Å². The molecule has 2 aromatic rings. The molecular formula is C19H25N3O2. The van der Waals surface area contributed by atoms with E-state index in [2.05, 4.69) is 35.2 Å². The first-order valence-electron chi connectivity index (χ1n) is 8.57. The van der Waals surface area contributed by atoms with Gasteiger partial charge in [0.15, 0.2) is 0 Å². The second-order valence-corrected chi connectivity index (χ2v) is 6.78. The normalized spacial score (nSPS) is 16.4. The summed E-state index contributed by atoms with van der Waals surface area (Å²) in [5, 5.41) is 0. The van der Waals surface area contributed by atoms with Crippen molar-refractivity contribution in [3.63, 3.8) is 0 Å². The van der Waals surface area contributed by atoms with Crippen LogP contribution in [-0.4, -0.2) is 27.1 Å². The van der Waals surface area contributed by atoms with Gasteiger partial charge in [-0.3, -0.25) is 18.8 Å². The maximum Gasteiger partial charge on any atom is 0.330 e. The van der Waals surface area contributed by atoms with Crippen molar-refractivity contribution in [2.75, 3.05) is 13.1 Å². The van der Waals surface area contributed by atoms with E-state index in [1.165, 1.54) is 12.6 Å². The molecule has 5 heteroatoms. The molecule has 0 N–H and O–H groups in total. The van der Waals surface area contributed by atoms with Gasteiger partial charge in [0.05, 0.1) is 0 Å². The summed E-state index contributed by atoms with van der Waals surface area (Å²) in [6, 6.07) is 12.2. The van der Waals surface area contributed by atoms with Crippen LogP contribution in [0.4, 0.5) is 0 Å². The Bertz CT molecular complexity index is 800. The van der Waals surface area contributed by atoms with Crippen LogP contribution >= 0.6 is 0 Å². The predicted octanol–water partition coefficient (Wildman–Crippen LogP) is 1.54. The van der Waals surface area contributed by atoms with Crippen molar-refractivity contribution in [1.82, 2.24) is 14.0 Å². The van der Waals surface area contributed by atoms with Crippen LogP contribution in [0.1, 0.15) is 24.1 Å². The SMILES string of the molecule is Cn1c(CN2CCC(Cc3ccccc3)CC2)cc(=O)n(C)c1=O. The minimum Gasteiger partial charge on any atom is -0.299 e. The summed E-state index contributed by atoms with van der Waals surface area (Å²) in [6.07, 6.45) is 3.46. The van der Waals surface area contributed by atoms with E-state index in [0.717, 1.165) is 48.5 Å². The lowest BCUT2D eigenvalue weighted by Crippen LogP contribution is -2.41. The molecule has 0 amide bonds. The fourth-order valence-corrected chi connectivity index (χ4v) is 3.46. The molecule has 5 nitrogen and oxygen atoms in total. The molecule has 0 radical (unpaired) electrons. The van der Waals surface area contributed by atoms with Crippen molar-refractivity contribution >= 4 is 0 Å². The van der Waals surface area contributed by atoms with Crippen molar-refractivity contribution < 1.29 is 0 Å². The van der Waals surface area contributed by atoms with Crippen LogP contribution in [-0.2, 0) is 27.1 Å².